The Hall–Kier alpha value is -2.80. The van der Waals surface area contributed by atoms with Crippen LogP contribution in [0, 0.1) is 0 Å². The largest absolute Gasteiger partial charge is 0.494 e. The van der Waals surface area contributed by atoms with Crippen molar-refractivity contribution >= 4 is 34.6 Å². The molecule has 0 bridgehead atoms. The van der Waals surface area contributed by atoms with E-state index in [1.807, 2.05) is 18.2 Å². The van der Waals surface area contributed by atoms with Gasteiger partial charge in [0.1, 0.15) is 11.5 Å². The summed E-state index contributed by atoms with van der Waals surface area (Å²) < 4.78 is 11.0. The van der Waals surface area contributed by atoms with E-state index < -0.39 is 0 Å². The maximum Gasteiger partial charge on any atom is 0.255 e. The topological polar surface area (TPSA) is 71.6 Å². The predicted molar refractivity (Wildman–Crippen MR) is 120 cm³/mol. The van der Waals surface area contributed by atoms with Crippen molar-refractivity contribution in [2.45, 2.75) is 38.1 Å². The third kappa shape index (κ3) is 5.60. The van der Waals surface area contributed by atoms with Gasteiger partial charge in [0, 0.05) is 23.7 Å². The van der Waals surface area contributed by atoms with Crippen LogP contribution in [-0.2, 0) is 0 Å². The minimum absolute atomic E-state index is 0.221. The summed E-state index contributed by atoms with van der Waals surface area (Å²) in [5.41, 5.74) is 1.76. The van der Waals surface area contributed by atoms with E-state index in [1.165, 1.54) is 19.3 Å². The molecule has 154 valence electrons. The first kappa shape index (κ1) is 20.9. The second kappa shape index (κ2) is 10.1. The number of carbonyl (C=O) groups excluding carboxylic acids is 1. The summed E-state index contributed by atoms with van der Waals surface area (Å²) in [5, 5.41) is 10.0. The fourth-order valence-electron chi connectivity index (χ4n) is 3.47. The van der Waals surface area contributed by atoms with Crippen LogP contribution in [0.2, 0.25) is 0 Å². The van der Waals surface area contributed by atoms with Crippen LogP contribution >= 0.6 is 12.2 Å². The van der Waals surface area contributed by atoms with Crippen LogP contribution < -0.4 is 25.4 Å². The first-order valence-corrected chi connectivity index (χ1v) is 10.2. The fraction of sp³-hybridized carbons (Fsp3) is 0.364. The number of carbonyl (C=O) groups is 1. The Morgan fingerprint density at radius 2 is 1.52 bits per heavy atom. The maximum atomic E-state index is 12.5. The van der Waals surface area contributed by atoms with E-state index in [-0.39, 0.29) is 5.91 Å². The van der Waals surface area contributed by atoms with Gasteiger partial charge in [-0.15, -0.1) is 0 Å². The highest BCUT2D eigenvalue weighted by molar-refractivity contribution is 7.80. The molecule has 1 aliphatic rings. The molecule has 1 fully saturated rings. The van der Waals surface area contributed by atoms with E-state index in [0.29, 0.717) is 39.6 Å². The van der Waals surface area contributed by atoms with Crippen molar-refractivity contribution in [1.29, 1.82) is 0 Å². The highest BCUT2D eigenvalue weighted by Gasteiger charge is 2.17. The molecule has 0 unspecified atom stereocenters. The predicted octanol–water partition coefficient (Wildman–Crippen LogP) is 4.58. The van der Waals surface area contributed by atoms with E-state index in [0.717, 1.165) is 12.8 Å². The van der Waals surface area contributed by atoms with Gasteiger partial charge in [0.25, 0.3) is 5.91 Å². The molecule has 0 saturated heterocycles. The van der Waals surface area contributed by atoms with Gasteiger partial charge in [-0.1, -0.05) is 37.5 Å². The summed E-state index contributed by atoms with van der Waals surface area (Å²) in [7, 11) is 3.13. The van der Waals surface area contributed by atoms with Crippen LogP contribution in [0.25, 0.3) is 0 Å². The molecule has 7 heteroatoms. The quantitative estimate of drug-likeness (QED) is 0.603. The lowest BCUT2D eigenvalue weighted by Gasteiger charge is -2.25. The Bertz CT molecular complexity index is 852. The normalized spacial score (nSPS) is 14.0. The number of nitrogens with one attached hydrogen (secondary N) is 3. The van der Waals surface area contributed by atoms with Gasteiger partial charge < -0.3 is 25.4 Å². The molecule has 6 nitrogen and oxygen atoms in total. The van der Waals surface area contributed by atoms with E-state index >= 15 is 0 Å². The van der Waals surface area contributed by atoms with E-state index in [2.05, 4.69) is 16.0 Å². The van der Waals surface area contributed by atoms with E-state index in [9.17, 15) is 4.79 Å². The van der Waals surface area contributed by atoms with Gasteiger partial charge in [-0.25, -0.2) is 0 Å². The van der Waals surface area contributed by atoms with Crippen LogP contribution in [0.15, 0.2) is 42.5 Å². The van der Waals surface area contributed by atoms with Crippen molar-refractivity contribution < 1.29 is 14.3 Å². The summed E-state index contributed by atoms with van der Waals surface area (Å²) in [6.45, 7) is 0. The molecule has 1 amide bonds. The maximum absolute atomic E-state index is 12.5. The van der Waals surface area contributed by atoms with Crippen LogP contribution in [0.3, 0.4) is 0 Å². The number of anilines is 2. The van der Waals surface area contributed by atoms with Crippen LogP contribution in [-0.4, -0.2) is 31.3 Å². The SMILES string of the molecule is COc1cc(NC(=S)NC2CCCCC2)c(OC)cc1NC(=O)c1ccccc1. The second-order valence-electron chi connectivity index (χ2n) is 7.01. The number of methoxy groups -OCH3 is 2. The second-order valence-corrected chi connectivity index (χ2v) is 7.41. The smallest absolute Gasteiger partial charge is 0.255 e. The molecular weight excluding hydrogens is 386 g/mol. The Balaban J connectivity index is 1.75. The lowest BCUT2D eigenvalue weighted by Crippen LogP contribution is -2.38. The number of rotatable bonds is 6. The zero-order valence-corrected chi connectivity index (χ0v) is 17.6. The van der Waals surface area contributed by atoms with Crippen molar-refractivity contribution in [1.82, 2.24) is 5.32 Å². The average molecular weight is 414 g/mol. The number of amides is 1. The number of benzene rings is 2. The highest BCUT2D eigenvalue weighted by Crippen LogP contribution is 2.36. The van der Waals surface area contributed by atoms with Gasteiger partial charge in [-0.2, -0.15) is 0 Å². The number of hydrogen-bond donors (Lipinski definition) is 3. The van der Waals surface area contributed by atoms with Gasteiger partial charge in [-0.3, -0.25) is 4.79 Å². The summed E-state index contributed by atoms with van der Waals surface area (Å²) >= 11 is 5.48. The Morgan fingerprint density at radius 3 is 2.10 bits per heavy atom. The zero-order valence-electron chi connectivity index (χ0n) is 16.8. The molecule has 1 aliphatic carbocycles. The molecule has 0 heterocycles. The molecule has 0 spiro atoms. The van der Waals surface area contributed by atoms with Crippen LogP contribution in [0.5, 0.6) is 11.5 Å². The number of hydrogen-bond acceptors (Lipinski definition) is 4. The molecule has 29 heavy (non-hydrogen) atoms. The fourth-order valence-corrected chi connectivity index (χ4v) is 3.74. The molecule has 0 atom stereocenters. The van der Waals surface area contributed by atoms with Crippen LogP contribution in [0.4, 0.5) is 11.4 Å². The summed E-state index contributed by atoms with van der Waals surface area (Å²) in [4.78, 5) is 12.5. The van der Waals surface area contributed by atoms with Crippen molar-refractivity contribution in [2.75, 3.05) is 24.9 Å². The van der Waals surface area contributed by atoms with Crippen molar-refractivity contribution in [3.63, 3.8) is 0 Å². The Kier molecular flexibility index (Phi) is 7.30. The summed E-state index contributed by atoms with van der Waals surface area (Å²) in [6, 6.07) is 12.9. The van der Waals surface area contributed by atoms with Gasteiger partial charge in [0.15, 0.2) is 5.11 Å². The van der Waals surface area contributed by atoms with Crippen LogP contribution in [0.1, 0.15) is 42.5 Å². The minimum atomic E-state index is -0.221. The van der Waals surface area contributed by atoms with Crippen molar-refractivity contribution in [3.8, 4) is 11.5 Å². The Morgan fingerprint density at radius 1 is 0.931 bits per heavy atom. The molecule has 3 N–H and O–H groups in total. The lowest BCUT2D eigenvalue weighted by molar-refractivity contribution is 0.102. The van der Waals surface area contributed by atoms with Gasteiger partial charge in [-0.05, 0) is 37.2 Å². The minimum Gasteiger partial charge on any atom is -0.494 e. The van der Waals surface area contributed by atoms with E-state index in [4.69, 9.17) is 21.7 Å². The first-order chi connectivity index (χ1) is 14.1. The molecule has 0 aliphatic heterocycles. The molecule has 0 radical (unpaired) electrons. The summed E-state index contributed by atoms with van der Waals surface area (Å²) in [6.07, 6.45) is 6.01. The molecule has 0 aromatic heterocycles. The van der Waals surface area contributed by atoms with E-state index in [1.54, 1.807) is 38.5 Å². The van der Waals surface area contributed by atoms with Crippen molar-refractivity contribution in [3.05, 3.63) is 48.0 Å². The molecular formula is C22H27N3O3S. The standard InChI is InChI=1S/C22H27N3O3S/c1-27-19-14-18(25-22(29)23-16-11-7-4-8-12-16)20(28-2)13-17(19)24-21(26)15-9-5-3-6-10-15/h3,5-6,9-10,13-14,16H,4,7-8,11-12H2,1-2H3,(H,24,26)(H2,23,25,29). The zero-order chi connectivity index (χ0) is 20.6. The number of ether oxygens (including phenoxy) is 2. The molecule has 2 aromatic carbocycles. The summed E-state index contributed by atoms with van der Waals surface area (Å²) in [5.74, 6) is 0.848. The van der Waals surface area contributed by atoms with Gasteiger partial charge in [0.2, 0.25) is 0 Å². The van der Waals surface area contributed by atoms with Crippen molar-refractivity contribution in [2.24, 2.45) is 0 Å². The third-order valence-corrected chi connectivity index (χ3v) is 5.21. The highest BCUT2D eigenvalue weighted by atomic mass is 32.1. The molecule has 2 aromatic rings. The number of thiocarbonyl (C=S) groups is 1. The average Bonchev–Trinajstić information content (AvgIpc) is 2.75. The lowest BCUT2D eigenvalue weighted by atomic mass is 9.96. The molecule has 3 rings (SSSR count). The monoisotopic (exact) mass is 413 g/mol. The Labute approximate surface area is 177 Å². The third-order valence-electron chi connectivity index (χ3n) is 4.99. The first-order valence-electron chi connectivity index (χ1n) is 9.80. The molecule has 1 saturated carbocycles. The van der Waals surface area contributed by atoms with Gasteiger partial charge >= 0.3 is 0 Å². The van der Waals surface area contributed by atoms with Gasteiger partial charge in [0.05, 0.1) is 25.6 Å².